The number of hydrogen-bond donors (Lipinski definition) is 1. The Hall–Kier alpha value is -1.60. The third-order valence-electron chi connectivity index (χ3n) is 3.41. The molecule has 18 heavy (non-hydrogen) atoms. The van der Waals surface area contributed by atoms with Gasteiger partial charge in [-0.25, -0.2) is 0 Å². The molecule has 2 atom stereocenters. The molecule has 0 amide bonds. The maximum absolute atomic E-state index is 3.60. The zero-order valence-electron chi connectivity index (χ0n) is 11.1. The molecule has 2 unspecified atom stereocenters. The molecule has 0 saturated carbocycles. The topological polar surface area (TPSA) is 12.0 Å². The van der Waals surface area contributed by atoms with Gasteiger partial charge in [-0.15, -0.1) is 0 Å². The highest BCUT2D eigenvalue weighted by Crippen LogP contribution is 2.30. The Morgan fingerprint density at radius 1 is 0.833 bits per heavy atom. The molecule has 1 heteroatoms. The molecule has 2 rings (SSSR count). The summed E-state index contributed by atoms with van der Waals surface area (Å²) in [6.07, 6.45) is 0. The van der Waals surface area contributed by atoms with E-state index in [1.165, 1.54) is 11.1 Å². The molecule has 0 aliphatic rings. The minimum absolute atomic E-state index is 0.374. The van der Waals surface area contributed by atoms with Gasteiger partial charge in [0, 0.05) is 12.0 Å². The first-order chi connectivity index (χ1) is 8.83. The molecule has 94 valence electrons. The Labute approximate surface area is 110 Å². The molecule has 0 spiro atoms. The minimum Gasteiger partial charge on any atom is -0.310 e. The molecule has 0 bridgehead atoms. The van der Waals surface area contributed by atoms with Crippen molar-refractivity contribution >= 4 is 0 Å². The summed E-state index contributed by atoms with van der Waals surface area (Å²) >= 11 is 0. The molecule has 1 N–H and O–H groups in total. The number of rotatable bonds is 5. The molecule has 1 nitrogen and oxygen atoms in total. The van der Waals surface area contributed by atoms with E-state index in [0.717, 1.165) is 6.54 Å². The Morgan fingerprint density at radius 2 is 1.33 bits per heavy atom. The molecule has 0 aliphatic heterocycles. The van der Waals surface area contributed by atoms with Gasteiger partial charge in [0.15, 0.2) is 0 Å². The maximum atomic E-state index is 3.60. The fourth-order valence-corrected chi connectivity index (χ4v) is 2.41. The monoisotopic (exact) mass is 239 g/mol. The van der Waals surface area contributed by atoms with E-state index in [2.05, 4.69) is 79.8 Å². The standard InChI is InChI=1S/C17H21N/c1-3-18-17(16-12-8-5-9-13-16)14(2)15-10-6-4-7-11-15/h4-14,17-18H,3H2,1-2H3. The Balaban J connectivity index is 2.26. The highest BCUT2D eigenvalue weighted by molar-refractivity contribution is 5.27. The van der Waals surface area contributed by atoms with Crippen LogP contribution in [-0.2, 0) is 0 Å². The zero-order chi connectivity index (χ0) is 12.8. The third-order valence-corrected chi connectivity index (χ3v) is 3.41. The maximum Gasteiger partial charge on any atom is 0.0386 e. The van der Waals surface area contributed by atoms with Crippen LogP contribution in [0.4, 0.5) is 0 Å². The number of benzene rings is 2. The van der Waals surface area contributed by atoms with Gasteiger partial charge in [-0.3, -0.25) is 0 Å². The van der Waals surface area contributed by atoms with Gasteiger partial charge in [0.2, 0.25) is 0 Å². The molecule has 2 aromatic rings. The van der Waals surface area contributed by atoms with E-state index in [1.54, 1.807) is 0 Å². The molecule has 0 radical (unpaired) electrons. The van der Waals surface area contributed by atoms with Crippen LogP contribution in [0.25, 0.3) is 0 Å². The Kier molecular flexibility index (Phi) is 4.54. The van der Waals surface area contributed by atoms with Gasteiger partial charge in [-0.05, 0) is 17.7 Å². The first-order valence-corrected chi connectivity index (χ1v) is 6.66. The second-order valence-corrected chi connectivity index (χ2v) is 4.65. The SMILES string of the molecule is CCNC(c1ccccc1)C(C)c1ccccc1. The smallest absolute Gasteiger partial charge is 0.0386 e. The summed E-state index contributed by atoms with van der Waals surface area (Å²) in [5.74, 6) is 0.466. The van der Waals surface area contributed by atoms with Crippen molar-refractivity contribution in [2.24, 2.45) is 0 Å². The van der Waals surface area contributed by atoms with Crippen LogP contribution in [0.3, 0.4) is 0 Å². The summed E-state index contributed by atoms with van der Waals surface area (Å²) in [6, 6.07) is 21.8. The highest BCUT2D eigenvalue weighted by Gasteiger charge is 2.19. The normalized spacial score (nSPS) is 14.1. The van der Waals surface area contributed by atoms with Crippen LogP contribution in [-0.4, -0.2) is 6.54 Å². The van der Waals surface area contributed by atoms with Gasteiger partial charge in [-0.1, -0.05) is 74.5 Å². The molecule has 0 heterocycles. The lowest BCUT2D eigenvalue weighted by Crippen LogP contribution is -2.25. The third kappa shape index (κ3) is 2.99. The van der Waals surface area contributed by atoms with E-state index >= 15 is 0 Å². The lowest BCUT2D eigenvalue weighted by atomic mass is 9.88. The Morgan fingerprint density at radius 3 is 1.83 bits per heavy atom. The summed E-state index contributed by atoms with van der Waals surface area (Å²) in [5, 5.41) is 3.60. The van der Waals surface area contributed by atoms with Gasteiger partial charge in [0.05, 0.1) is 0 Å². The van der Waals surface area contributed by atoms with E-state index < -0.39 is 0 Å². The summed E-state index contributed by atoms with van der Waals surface area (Å²) in [7, 11) is 0. The quantitative estimate of drug-likeness (QED) is 0.827. The second kappa shape index (κ2) is 6.36. The predicted molar refractivity (Wildman–Crippen MR) is 77.7 cm³/mol. The van der Waals surface area contributed by atoms with Crippen molar-refractivity contribution in [2.45, 2.75) is 25.8 Å². The van der Waals surface area contributed by atoms with E-state index in [4.69, 9.17) is 0 Å². The van der Waals surface area contributed by atoms with Crippen LogP contribution in [0.1, 0.15) is 36.9 Å². The van der Waals surface area contributed by atoms with E-state index in [9.17, 15) is 0 Å². The molecule has 0 saturated heterocycles. The number of hydrogen-bond acceptors (Lipinski definition) is 1. The fraction of sp³-hybridized carbons (Fsp3) is 0.294. The lowest BCUT2D eigenvalue weighted by Gasteiger charge is -2.25. The van der Waals surface area contributed by atoms with Crippen LogP contribution in [0, 0.1) is 0 Å². The highest BCUT2D eigenvalue weighted by atomic mass is 14.9. The van der Waals surface area contributed by atoms with Crippen LogP contribution >= 0.6 is 0 Å². The fourth-order valence-electron chi connectivity index (χ4n) is 2.41. The molecular weight excluding hydrogens is 218 g/mol. The van der Waals surface area contributed by atoms with E-state index in [1.807, 2.05) is 0 Å². The van der Waals surface area contributed by atoms with Crippen molar-refractivity contribution in [3.05, 3.63) is 71.8 Å². The minimum atomic E-state index is 0.374. The zero-order valence-corrected chi connectivity index (χ0v) is 11.1. The summed E-state index contributed by atoms with van der Waals surface area (Å²) in [5.41, 5.74) is 2.74. The van der Waals surface area contributed by atoms with Crippen LogP contribution in [0.2, 0.25) is 0 Å². The average molecular weight is 239 g/mol. The van der Waals surface area contributed by atoms with Gasteiger partial charge < -0.3 is 5.32 Å². The summed E-state index contributed by atoms with van der Waals surface area (Å²) < 4.78 is 0. The van der Waals surface area contributed by atoms with Crippen molar-refractivity contribution < 1.29 is 0 Å². The lowest BCUT2D eigenvalue weighted by molar-refractivity contribution is 0.479. The van der Waals surface area contributed by atoms with Gasteiger partial charge in [0.1, 0.15) is 0 Å². The first kappa shape index (κ1) is 12.8. The van der Waals surface area contributed by atoms with Crippen molar-refractivity contribution in [1.29, 1.82) is 0 Å². The summed E-state index contributed by atoms with van der Waals surface area (Å²) in [6.45, 7) is 5.43. The molecule has 0 fully saturated rings. The molecule has 2 aromatic carbocycles. The van der Waals surface area contributed by atoms with E-state index in [-0.39, 0.29) is 0 Å². The van der Waals surface area contributed by atoms with Gasteiger partial charge >= 0.3 is 0 Å². The van der Waals surface area contributed by atoms with Crippen LogP contribution in [0.5, 0.6) is 0 Å². The van der Waals surface area contributed by atoms with Crippen LogP contribution < -0.4 is 5.32 Å². The van der Waals surface area contributed by atoms with Crippen molar-refractivity contribution in [3.8, 4) is 0 Å². The molecular formula is C17H21N. The van der Waals surface area contributed by atoms with E-state index in [0.29, 0.717) is 12.0 Å². The molecule has 0 aromatic heterocycles. The second-order valence-electron chi connectivity index (χ2n) is 4.65. The summed E-state index contributed by atoms with van der Waals surface area (Å²) in [4.78, 5) is 0. The Bertz CT molecular complexity index is 450. The average Bonchev–Trinajstić information content (AvgIpc) is 2.46. The van der Waals surface area contributed by atoms with Crippen molar-refractivity contribution in [2.75, 3.05) is 6.54 Å². The van der Waals surface area contributed by atoms with Crippen LogP contribution in [0.15, 0.2) is 60.7 Å². The van der Waals surface area contributed by atoms with Crippen molar-refractivity contribution in [1.82, 2.24) is 5.32 Å². The predicted octanol–water partition coefficient (Wildman–Crippen LogP) is 4.14. The van der Waals surface area contributed by atoms with Gasteiger partial charge in [-0.2, -0.15) is 0 Å². The first-order valence-electron chi connectivity index (χ1n) is 6.66. The number of likely N-dealkylation sites (N-methyl/N-ethyl adjacent to an activating group) is 1. The van der Waals surface area contributed by atoms with Crippen molar-refractivity contribution in [3.63, 3.8) is 0 Å². The molecule has 0 aliphatic carbocycles. The van der Waals surface area contributed by atoms with Gasteiger partial charge in [0.25, 0.3) is 0 Å². The largest absolute Gasteiger partial charge is 0.310 e. The number of nitrogens with one attached hydrogen (secondary N) is 1.